The fourth-order valence-corrected chi connectivity index (χ4v) is 5.46. The summed E-state index contributed by atoms with van der Waals surface area (Å²) in [6.45, 7) is 4.37. The second kappa shape index (κ2) is 5.86. The van der Waals surface area contributed by atoms with Crippen LogP contribution in [0.3, 0.4) is 0 Å². The molecule has 1 atom stereocenters. The first kappa shape index (κ1) is 16.4. The van der Waals surface area contributed by atoms with E-state index in [4.69, 9.17) is 0 Å². The summed E-state index contributed by atoms with van der Waals surface area (Å²) >= 11 is 1.85. The molecule has 3 aromatic heterocycles. The van der Waals surface area contributed by atoms with E-state index >= 15 is 0 Å². The number of rotatable bonds is 3. The van der Waals surface area contributed by atoms with Gasteiger partial charge in [0.15, 0.2) is 5.78 Å². The maximum atomic E-state index is 13.4. The number of fused-ring (bicyclic) bond motifs is 2. The predicted molar refractivity (Wildman–Crippen MR) is 109 cm³/mol. The van der Waals surface area contributed by atoms with Gasteiger partial charge in [0.25, 0.3) is 0 Å². The Balaban J connectivity index is 1.63. The number of para-hydroxylation sites is 1. The normalized spacial score (nSPS) is 17.9. The van der Waals surface area contributed by atoms with Crippen LogP contribution in [-0.2, 0) is 4.75 Å². The van der Waals surface area contributed by atoms with E-state index in [1.807, 2.05) is 66.8 Å². The van der Waals surface area contributed by atoms with Gasteiger partial charge in [-0.05, 0) is 32.0 Å². The SMILES string of the molecule is CC1(C)SC(c2cccnc2)n2ccc(C(=O)c3c[nH]c4ccccc34)c21. The van der Waals surface area contributed by atoms with Crippen molar-refractivity contribution in [2.45, 2.75) is 24.0 Å². The smallest absolute Gasteiger partial charge is 0.197 e. The number of carbonyl (C=O) groups is 1. The zero-order valence-corrected chi connectivity index (χ0v) is 16.0. The number of aromatic amines is 1. The fourth-order valence-electron chi connectivity index (χ4n) is 4.01. The van der Waals surface area contributed by atoms with Crippen molar-refractivity contribution < 1.29 is 4.79 Å². The lowest BCUT2D eigenvalue weighted by Gasteiger charge is -2.18. The first-order chi connectivity index (χ1) is 13.1. The summed E-state index contributed by atoms with van der Waals surface area (Å²) in [6.07, 6.45) is 7.56. The van der Waals surface area contributed by atoms with E-state index in [0.717, 1.165) is 33.3 Å². The average Bonchev–Trinajstić information content (AvgIpc) is 3.36. The van der Waals surface area contributed by atoms with Crippen LogP contribution >= 0.6 is 11.8 Å². The number of pyridine rings is 1. The summed E-state index contributed by atoms with van der Waals surface area (Å²) in [5.41, 5.74) is 4.72. The van der Waals surface area contributed by atoms with Crippen molar-refractivity contribution in [1.29, 1.82) is 0 Å². The van der Waals surface area contributed by atoms with Gasteiger partial charge in [-0.15, -0.1) is 11.8 Å². The molecule has 0 fully saturated rings. The number of hydrogen-bond donors (Lipinski definition) is 1. The van der Waals surface area contributed by atoms with Gasteiger partial charge >= 0.3 is 0 Å². The van der Waals surface area contributed by atoms with Gasteiger partial charge in [-0.1, -0.05) is 24.3 Å². The lowest BCUT2D eigenvalue weighted by atomic mass is 9.97. The highest BCUT2D eigenvalue weighted by atomic mass is 32.2. The van der Waals surface area contributed by atoms with Gasteiger partial charge in [-0.2, -0.15) is 0 Å². The molecule has 134 valence electrons. The van der Waals surface area contributed by atoms with Crippen LogP contribution in [0.4, 0.5) is 0 Å². The monoisotopic (exact) mass is 373 g/mol. The highest BCUT2D eigenvalue weighted by Gasteiger charge is 2.41. The van der Waals surface area contributed by atoms with E-state index in [-0.39, 0.29) is 15.9 Å². The van der Waals surface area contributed by atoms with Crippen molar-refractivity contribution in [2.24, 2.45) is 0 Å². The highest BCUT2D eigenvalue weighted by Crippen LogP contribution is 2.54. The number of hydrogen-bond acceptors (Lipinski definition) is 3. The summed E-state index contributed by atoms with van der Waals surface area (Å²) in [5.74, 6) is 0.0710. The Kier molecular flexibility index (Phi) is 3.56. The Bertz CT molecular complexity index is 1160. The van der Waals surface area contributed by atoms with Crippen LogP contribution in [0.5, 0.6) is 0 Å². The third kappa shape index (κ3) is 2.46. The molecule has 0 saturated carbocycles. The van der Waals surface area contributed by atoms with Crippen LogP contribution in [0, 0.1) is 0 Å². The number of nitrogens with one attached hydrogen (secondary N) is 1. The average molecular weight is 373 g/mol. The van der Waals surface area contributed by atoms with E-state index in [0.29, 0.717) is 0 Å². The second-order valence-corrected chi connectivity index (χ2v) is 9.03. The lowest BCUT2D eigenvalue weighted by molar-refractivity contribution is 0.103. The molecule has 1 aliphatic rings. The Hall–Kier alpha value is -2.79. The van der Waals surface area contributed by atoms with Gasteiger partial charge in [0.2, 0.25) is 0 Å². The van der Waals surface area contributed by atoms with Crippen molar-refractivity contribution in [3.63, 3.8) is 0 Å². The molecule has 0 amide bonds. The van der Waals surface area contributed by atoms with Crippen molar-refractivity contribution in [2.75, 3.05) is 0 Å². The van der Waals surface area contributed by atoms with Crippen molar-refractivity contribution in [3.05, 3.63) is 89.6 Å². The Morgan fingerprint density at radius 3 is 2.81 bits per heavy atom. The van der Waals surface area contributed by atoms with Crippen LogP contribution in [0.25, 0.3) is 10.9 Å². The number of thioether (sulfide) groups is 1. The number of H-pyrrole nitrogens is 1. The highest BCUT2D eigenvalue weighted by molar-refractivity contribution is 8.00. The molecule has 5 rings (SSSR count). The lowest BCUT2D eigenvalue weighted by Crippen LogP contribution is -2.14. The first-order valence-electron chi connectivity index (χ1n) is 8.96. The Labute approximate surface area is 161 Å². The third-order valence-corrected chi connectivity index (χ3v) is 6.70. The topological polar surface area (TPSA) is 50.7 Å². The van der Waals surface area contributed by atoms with E-state index in [2.05, 4.69) is 34.4 Å². The van der Waals surface area contributed by atoms with Gasteiger partial charge in [0, 0.05) is 58.1 Å². The van der Waals surface area contributed by atoms with Crippen LogP contribution < -0.4 is 0 Å². The summed E-state index contributed by atoms with van der Waals surface area (Å²) in [4.78, 5) is 20.9. The molecule has 27 heavy (non-hydrogen) atoms. The number of carbonyl (C=O) groups excluding carboxylic acids is 1. The molecule has 1 aliphatic heterocycles. The van der Waals surface area contributed by atoms with Crippen molar-refractivity contribution in [1.82, 2.24) is 14.5 Å². The number of benzene rings is 1. The Morgan fingerprint density at radius 1 is 1.15 bits per heavy atom. The van der Waals surface area contributed by atoms with Crippen LogP contribution in [0.1, 0.15) is 46.4 Å². The third-order valence-electron chi connectivity index (χ3n) is 5.19. The predicted octanol–water partition coefficient (Wildman–Crippen LogP) is 5.12. The minimum atomic E-state index is -0.166. The Morgan fingerprint density at radius 2 is 2.00 bits per heavy atom. The van der Waals surface area contributed by atoms with E-state index in [9.17, 15) is 4.79 Å². The van der Waals surface area contributed by atoms with E-state index in [1.54, 1.807) is 6.20 Å². The summed E-state index contributed by atoms with van der Waals surface area (Å²) < 4.78 is 2.06. The molecule has 1 unspecified atom stereocenters. The minimum absolute atomic E-state index is 0.0710. The number of nitrogens with zero attached hydrogens (tertiary/aromatic N) is 2. The zero-order chi connectivity index (χ0) is 18.6. The van der Waals surface area contributed by atoms with E-state index < -0.39 is 0 Å². The molecule has 0 saturated heterocycles. The van der Waals surface area contributed by atoms with Crippen LogP contribution in [0.15, 0.2) is 67.3 Å². The van der Waals surface area contributed by atoms with Crippen molar-refractivity contribution >= 4 is 28.4 Å². The molecule has 0 spiro atoms. The van der Waals surface area contributed by atoms with Gasteiger partial charge < -0.3 is 9.55 Å². The second-order valence-electron chi connectivity index (χ2n) is 7.33. The maximum Gasteiger partial charge on any atom is 0.197 e. The molecule has 1 aromatic carbocycles. The molecular weight excluding hydrogens is 354 g/mol. The summed E-state index contributed by atoms with van der Waals surface area (Å²) in [6, 6.07) is 13.9. The molecule has 5 heteroatoms. The van der Waals surface area contributed by atoms with Crippen molar-refractivity contribution in [3.8, 4) is 0 Å². The quantitative estimate of drug-likeness (QED) is 0.507. The molecule has 4 aromatic rings. The molecular formula is C22H19N3OS. The standard InChI is InChI=1S/C22H19N3OS/c1-22(2)20-16(19(26)17-13-24-18-8-4-3-7-15(17)18)9-11-25(20)21(27-22)14-6-5-10-23-12-14/h3-13,21,24H,1-2H3. The molecule has 0 bridgehead atoms. The fraction of sp³-hybridized carbons (Fsp3) is 0.182. The molecule has 0 radical (unpaired) electrons. The molecule has 0 aliphatic carbocycles. The molecule has 1 N–H and O–H groups in total. The molecule has 4 nitrogen and oxygen atoms in total. The number of ketones is 1. The molecule has 4 heterocycles. The van der Waals surface area contributed by atoms with Crippen LogP contribution in [0.2, 0.25) is 0 Å². The van der Waals surface area contributed by atoms with E-state index in [1.165, 1.54) is 0 Å². The van der Waals surface area contributed by atoms with Gasteiger partial charge in [-0.25, -0.2) is 0 Å². The minimum Gasteiger partial charge on any atom is -0.360 e. The van der Waals surface area contributed by atoms with Gasteiger partial charge in [0.1, 0.15) is 5.37 Å². The van der Waals surface area contributed by atoms with Gasteiger partial charge in [0.05, 0.1) is 4.75 Å². The zero-order valence-electron chi connectivity index (χ0n) is 15.1. The summed E-state index contributed by atoms with van der Waals surface area (Å²) in [5, 5.41) is 1.10. The largest absolute Gasteiger partial charge is 0.360 e. The van der Waals surface area contributed by atoms with Gasteiger partial charge in [-0.3, -0.25) is 9.78 Å². The number of aromatic nitrogens is 3. The maximum absolute atomic E-state index is 13.4. The van der Waals surface area contributed by atoms with Crippen LogP contribution in [-0.4, -0.2) is 20.3 Å². The first-order valence-corrected chi connectivity index (χ1v) is 9.84. The summed E-state index contributed by atoms with van der Waals surface area (Å²) in [7, 11) is 0.